The molecule has 0 spiro atoms. The van der Waals surface area contributed by atoms with Gasteiger partial charge in [-0.1, -0.05) is 6.07 Å². The molecule has 0 saturated carbocycles. The zero-order chi connectivity index (χ0) is 14.8. The molecule has 0 heterocycles. The standard InChI is InChI=1S/C14H21NO4/c1-13(2,14(3,4)18)15-12(17)9-7-6-8-10(19-5)11(9)16/h6-8,16,18H,1-5H3,(H,15,17). The molecule has 1 rings (SSSR count). The van der Waals surface area contributed by atoms with Gasteiger partial charge in [0.15, 0.2) is 11.5 Å². The van der Waals surface area contributed by atoms with Gasteiger partial charge >= 0.3 is 0 Å². The van der Waals surface area contributed by atoms with E-state index in [0.29, 0.717) is 0 Å². The molecule has 19 heavy (non-hydrogen) atoms. The molecule has 106 valence electrons. The second-order valence-corrected chi connectivity index (χ2v) is 5.49. The van der Waals surface area contributed by atoms with Crippen molar-refractivity contribution < 1.29 is 19.7 Å². The number of phenolic OH excluding ortho intramolecular Hbond substituents is 1. The number of aromatic hydroxyl groups is 1. The molecule has 0 bridgehead atoms. The van der Waals surface area contributed by atoms with Gasteiger partial charge in [-0.25, -0.2) is 0 Å². The largest absolute Gasteiger partial charge is 0.504 e. The normalized spacial score (nSPS) is 12.1. The molecule has 0 saturated heterocycles. The summed E-state index contributed by atoms with van der Waals surface area (Å²) >= 11 is 0. The predicted octanol–water partition coefficient (Wildman–Crippen LogP) is 1.68. The summed E-state index contributed by atoms with van der Waals surface area (Å²) in [5.41, 5.74) is -1.84. The minimum Gasteiger partial charge on any atom is -0.504 e. The molecule has 0 radical (unpaired) electrons. The van der Waals surface area contributed by atoms with Crippen molar-refractivity contribution in [2.24, 2.45) is 0 Å². The minimum atomic E-state index is -1.10. The first-order chi connectivity index (χ1) is 8.60. The lowest BCUT2D eigenvalue weighted by Gasteiger charge is -2.38. The lowest BCUT2D eigenvalue weighted by Crippen LogP contribution is -2.57. The van der Waals surface area contributed by atoms with Crippen LogP contribution in [0.2, 0.25) is 0 Å². The van der Waals surface area contributed by atoms with Gasteiger partial charge in [0.2, 0.25) is 0 Å². The highest BCUT2D eigenvalue weighted by Gasteiger charge is 2.37. The van der Waals surface area contributed by atoms with Crippen LogP contribution in [0.25, 0.3) is 0 Å². The Morgan fingerprint density at radius 1 is 1.26 bits per heavy atom. The Kier molecular flexibility index (Phi) is 4.10. The van der Waals surface area contributed by atoms with Gasteiger partial charge in [0, 0.05) is 0 Å². The highest BCUT2D eigenvalue weighted by atomic mass is 16.5. The van der Waals surface area contributed by atoms with Crippen LogP contribution in [-0.2, 0) is 0 Å². The number of hydrogen-bond donors (Lipinski definition) is 3. The van der Waals surface area contributed by atoms with Gasteiger partial charge in [0.25, 0.3) is 5.91 Å². The second-order valence-electron chi connectivity index (χ2n) is 5.49. The van der Waals surface area contributed by atoms with E-state index in [-0.39, 0.29) is 17.1 Å². The summed E-state index contributed by atoms with van der Waals surface area (Å²) in [7, 11) is 1.41. The first-order valence-electron chi connectivity index (χ1n) is 6.01. The molecular weight excluding hydrogens is 246 g/mol. The Bertz CT molecular complexity index is 475. The molecule has 3 N–H and O–H groups in total. The number of hydrogen-bond acceptors (Lipinski definition) is 4. The number of methoxy groups -OCH3 is 1. The molecule has 0 atom stereocenters. The van der Waals surface area contributed by atoms with Crippen LogP contribution in [0.3, 0.4) is 0 Å². The summed E-state index contributed by atoms with van der Waals surface area (Å²) in [5, 5.41) is 22.6. The summed E-state index contributed by atoms with van der Waals surface area (Å²) in [6.45, 7) is 6.64. The van der Waals surface area contributed by atoms with Gasteiger partial charge in [-0.2, -0.15) is 0 Å². The maximum absolute atomic E-state index is 12.2. The number of nitrogens with one attached hydrogen (secondary N) is 1. The Hall–Kier alpha value is -1.75. The molecule has 0 aliphatic carbocycles. The van der Waals surface area contributed by atoms with Crippen molar-refractivity contribution in [2.45, 2.75) is 38.8 Å². The zero-order valence-corrected chi connectivity index (χ0v) is 11.9. The van der Waals surface area contributed by atoms with E-state index in [1.54, 1.807) is 39.8 Å². The van der Waals surface area contributed by atoms with Crippen LogP contribution in [0.15, 0.2) is 18.2 Å². The van der Waals surface area contributed by atoms with E-state index in [1.165, 1.54) is 13.2 Å². The molecule has 0 unspecified atom stereocenters. The summed E-state index contributed by atoms with van der Waals surface area (Å²) in [5.74, 6) is -0.453. The highest BCUT2D eigenvalue weighted by Crippen LogP contribution is 2.30. The van der Waals surface area contributed by atoms with Crippen molar-refractivity contribution in [3.05, 3.63) is 23.8 Å². The molecular formula is C14H21NO4. The summed E-state index contributed by atoms with van der Waals surface area (Å²) < 4.78 is 4.95. The molecule has 0 aliphatic heterocycles. The van der Waals surface area contributed by atoms with Crippen molar-refractivity contribution in [2.75, 3.05) is 7.11 Å². The Balaban J connectivity index is 3.03. The number of rotatable bonds is 4. The number of carbonyl (C=O) groups is 1. The van der Waals surface area contributed by atoms with Crippen molar-refractivity contribution in [1.29, 1.82) is 0 Å². The Morgan fingerprint density at radius 3 is 2.32 bits per heavy atom. The number of carbonyl (C=O) groups excluding carboxylic acids is 1. The fourth-order valence-corrected chi connectivity index (χ4v) is 1.37. The van der Waals surface area contributed by atoms with E-state index in [0.717, 1.165) is 0 Å². The van der Waals surface area contributed by atoms with E-state index >= 15 is 0 Å². The number of aliphatic hydroxyl groups is 1. The molecule has 1 aromatic carbocycles. The Labute approximate surface area is 113 Å². The molecule has 1 amide bonds. The maximum atomic E-state index is 12.2. The van der Waals surface area contributed by atoms with Crippen molar-refractivity contribution >= 4 is 5.91 Å². The average molecular weight is 267 g/mol. The van der Waals surface area contributed by atoms with E-state index < -0.39 is 17.0 Å². The topological polar surface area (TPSA) is 78.8 Å². The van der Waals surface area contributed by atoms with Crippen molar-refractivity contribution in [1.82, 2.24) is 5.32 Å². The van der Waals surface area contributed by atoms with Crippen molar-refractivity contribution in [3.8, 4) is 11.5 Å². The fourth-order valence-electron chi connectivity index (χ4n) is 1.37. The highest BCUT2D eigenvalue weighted by molar-refractivity contribution is 5.98. The van der Waals surface area contributed by atoms with Crippen molar-refractivity contribution in [3.63, 3.8) is 0 Å². The summed E-state index contributed by atoms with van der Waals surface area (Å²) in [4.78, 5) is 12.2. The number of benzene rings is 1. The van der Waals surface area contributed by atoms with E-state index in [1.807, 2.05) is 0 Å². The van der Waals surface area contributed by atoms with E-state index in [2.05, 4.69) is 5.32 Å². The zero-order valence-electron chi connectivity index (χ0n) is 11.9. The van der Waals surface area contributed by atoms with Crippen LogP contribution < -0.4 is 10.1 Å². The van der Waals surface area contributed by atoms with Crippen LogP contribution in [0.5, 0.6) is 11.5 Å². The maximum Gasteiger partial charge on any atom is 0.255 e. The van der Waals surface area contributed by atoms with Crippen LogP contribution >= 0.6 is 0 Å². The molecule has 1 aromatic rings. The average Bonchev–Trinajstić information content (AvgIpc) is 2.27. The lowest BCUT2D eigenvalue weighted by atomic mass is 9.85. The third-order valence-electron chi connectivity index (χ3n) is 3.42. The monoisotopic (exact) mass is 267 g/mol. The van der Waals surface area contributed by atoms with Crippen LogP contribution in [0.4, 0.5) is 0 Å². The van der Waals surface area contributed by atoms with E-state index in [4.69, 9.17) is 4.74 Å². The second kappa shape index (κ2) is 5.09. The number of amides is 1. The van der Waals surface area contributed by atoms with Gasteiger partial charge in [-0.15, -0.1) is 0 Å². The SMILES string of the molecule is COc1cccc(C(=O)NC(C)(C)C(C)(C)O)c1O. The van der Waals surface area contributed by atoms with Crippen LogP contribution in [0, 0.1) is 0 Å². The van der Waals surface area contributed by atoms with E-state index in [9.17, 15) is 15.0 Å². The Morgan fingerprint density at radius 2 is 1.84 bits per heavy atom. The summed E-state index contributed by atoms with van der Waals surface area (Å²) in [6, 6.07) is 4.67. The first kappa shape index (κ1) is 15.3. The smallest absolute Gasteiger partial charge is 0.255 e. The first-order valence-corrected chi connectivity index (χ1v) is 6.01. The molecule has 5 nitrogen and oxygen atoms in total. The molecule has 0 aromatic heterocycles. The minimum absolute atomic E-state index is 0.108. The van der Waals surface area contributed by atoms with Crippen LogP contribution in [-0.4, -0.2) is 34.4 Å². The molecule has 5 heteroatoms. The lowest BCUT2D eigenvalue weighted by molar-refractivity contribution is -0.00298. The van der Waals surface area contributed by atoms with Gasteiger partial charge in [0.05, 0.1) is 23.8 Å². The number of para-hydroxylation sites is 1. The number of ether oxygens (including phenoxy) is 1. The van der Waals surface area contributed by atoms with Gasteiger partial charge in [-0.3, -0.25) is 4.79 Å². The molecule has 0 aliphatic rings. The number of phenols is 1. The molecule has 0 fully saturated rings. The summed E-state index contributed by atoms with van der Waals surface area (Å²) in [6.07, 6.45) is 0. The third kappa shape index (κ3) is 3.17. The predicted molar refractivity (Wildman–Crippen MR) is 72.5 cm³/mol. The fraction of sp³-hybridized carbons (Fsp3) is 0.500. The van der Waals surface area contributed by atoms with Gasteiger partial charge in [-0.05, 0) is 39.8 Å². The third-order valence-corrected chi connectivity index (χ3v) is 3.42. The van der Waals surface area contributed by atoms with Gasteiger partial charge in [0.1, 0.15) is 0 Å². The van der Waals surface area contributed by atoms with Gasteiger partial charge < -0.3 is 20.3 Å². The quantitative estimate of drug-likeness (QED) is 0.775. The van der Waals surface area contributed by atoms with Crippen LogP contribution in [0.1, 0.15) is 38.1 Å².